The molecule has 4 aromatic rings. The van der Waals surface area contributed by atoms with Crippen molar-refractivity contribution in [2.45, 2.75) is 0 Å². The number of para-hydroxylation sites is 1. The molecule has 0 atom stereocenters. The Labute approximate surface area is 156 Å². The molecule has 0 spiro atoms. The fourth-order valence-corrected chi connectivity index (χ4v) is 2.98. The molecule has 0 aliphatic carbocycles. The summed E-state index contributed by atoms with van der Waals surface area (Å²) in [4.78, 5) is 17.0. The Bertz CT molecular complexity index is 1070. The molecule has 0 aliphatic rings. The van der Waals surface area contributed by atoms with Gasteiger partial charge in [-0.25, -0.2) is 0 Å². The van der Waals surface area contributed by atoms with Gasteiger partial charge in [0.05, 0.1) is 11.2 Å². The molecule has 26 heavy (non-hydrogen) atoms. The SMILES string of the molecule is O=C(Nc1cccc2cccnc12)c1ccc(-c2ccc(Cl)cc2)cc1. The number of benzene rings is 3. The fraction of sp³-hybridized carbons (Fsp3) is 0. The van der Waals surface area contributed by atoms with Crippen LogP contribution in [0, 0.1) is 0 Å². The van der Waals surface area contributed by atoms with Gasteiger partial charge in [0.1, 0.15) is 0 Å². The molecule has 0 bridgehead atoms. The van der Waals surface area contributed by atoms with Crippen LogP contribution < -0.4 is 5.32 Å². The van der Waals surface area contributed by atoms with Crippen molar-refractivity contribution in [3.05, 3.63) is 95.6 Å². The number of hydrogen-bond donors (Lipinski definition) is 1. The fourth-order valence-electron chi connectivity index (χ4n) is 2.86. The van der Waals surface area contributed by atoms with Gasteiger partial charge in [-0.2, -0.15) is 0 Å². The lowest BCUT2D eigenvalue weighted by molar-refractivity contribution is 0.102. The van der Waals surface area contributed by atoms with Gasteiger partial charge < -0.3 is 5.32 Å². The monoisotopic (exact) mass is 358 g/mol. The topological polar surface area (TPSA) is 42.0 Å². The van der Waals surface area contributed by atoms with Gasteiger partial charge in [0.25, 0.3) is 5.91 Å². The lowest BCUT2D eigenvalue weighted by Crippen LogP contribution is -2.12. The minimum absolute atomic E-state index is 0.161. The molecule has 0 aliphatic heterocycles. The van der Waals surface area contributed by atoms with Gasteiger partial charge in [-0.1, -0.05) is 54.1 Å². The normalized spacial score (nSPS) is 10.7. The third-order valence-electron chi connectivity index (χ3n) is 4.21. The van der Waals surface area contributed by atoms with Crippen LogP contribution in [0.1, 0.15) is 10.4 Å². The second-order valence-corrected chi connectivity index (χ2v) is 6.36. The maximum absolute atomic E-state index is 12.6. The maximum atomic E-state index is 12.6. The number of rotatable bonds is 3. The molecule has 1 aromatic heterocycles. The number of anilines is 1. The average Bonchev–Trinajstić information content (AvgIpc) is 2.69. The number of amides is 1. The van der Waals surface area contributed by atoms with Gasteiger partial charge in [-0.05, 0) is 47.5 Å². The second-order valence-electron chi connectivity index (χ2n) is 5.92. The lowest BCUT2D eigenvalue weighted by atomic mass is 10.0. The van der Waals surface area contributed by atoms with E-state index in [1.54, 1.807) is 6.20 Å². The number of carbonyl (C=O) groups is 1. The van der Waals surface area contributed by atoms with E-state index in [9.17, 15) is 4.79 Å². The minimum Gasteiger partial charge on any atom is -0.320 e. The van der Waals surface area contributed by atoms with E-state index in [0.29, 0.717) is 16.3 Å². The van der Waals surface area contributed by atoms with E-state index in [4.69, 9.17) is 11.6 Å². The molecule has 0 saturated carbocycles. The summed E-state index contributed by atoms with van der Waals surface area (Å²) in [6.45, 7) is 0. The molecule has 0 saturated heterocycles. The molecular formula is C22H15ClN2O. The van der Waals surface area contributed by atoms with Crippen molar-refractivity contribution >= 4 is 34.1 Å². The van der Waals surface area contributed by atoms with E-state index in [1.165, 1.54) is 0 Å². The molecule has 3 nitrogen and oxygen atoms in total. The predicted octanol–water partition coefficient (Wildman–Crippen LogP) is 5.81. The highest BCUT2D eigenvalue weighted by Gasteiger charge is 2.09. The molecule has 1 N–H and O–H groups in total. The van der Waals surface area contributed by atoms with Crippen LogP contribution in [0.15, 0.2) is 85.1 Å². The smallest absolute Gasteiger partial charge is 0.255 e. The number of halogens is 1. The Hall–Kier alpha value is -3.17. The maximum Gasteiger partial charge on any atom is 0.255 e. The molecule has 1 heterocycles. The first-order valence-electron chi connectivity index (χ1n) is 8.22. The van der Waals surface area contributed by atoms with Gasteiger partial charge in [-0.3, -0.25) is 9.78 Å². The Morgan fingerprint density at radius 1 is 0.808 bits per heavy atom. The number of pyridine rings is 1. The molecule has 3 aromatic carbocycles. The van der Waals surface area contributed by atoms with E-state index in [0.717, 1.165) is 22.0 Å². The Kier molecular flexibility index (Phi) is 4.38. The average molecular weight is 359 g/mol. The standard InChI is InChI=1S/C22H15ClN2O/c23-19-12-10-16(11-13-19)15-6-8-18(9-7-15)22(26)25-20-5-1-3-17-4-2-14-24-21(17)20/h1-14H,(H,25,26). The van der Waals surface area contributed by atoms with Gasteiger partial charge in [-0.15, -0.1) is 0 Å². The second kappa shape index (κ2) is 6.98. The highest BCUT2D eigenvalue weighted by molar-refractivity contribution is 6.30. The first-order valence-corrected chi connectivity index (χ1v) is 8.59. The number of nitrogens with one attached hydrogen (secondary N) is 1. The third-order valence-corrected chi connectivity index (χ3v) is 4.46. The lowest BCUT2D eigenvalue weighted by Gasteiger charge is -2.09. The molecule has 4 heteroatoms. The van der Waals surface area contributed by atoms with Crippen LogP contribution >= 0.6 is 11.6 Å². The largest absolute Gasteiger partial charge is 0.320 e. The molecule has 0 radical (unpaired) electrons. The van der Waals surface area contributed by atoms with Gasteiger partial charge in [0, 0.05) is 22.2 Å². The van der Waals surface area contributed by atoms with Crippen LogP contribution in [0.4, 0.5) is 5.69 Å². The van der Waals surface area contributed by atoms with Crippen LogP contribution in [-0.2, 0) is 0 Å². The molecule has 126 valence electrons. The predicted molar refractivity (Wildman–Crippen MR) is 107 cm³/mol. The summed E-state index contributed by atoms with van der Waals surface area (Å²) in [5, 5.41) is 4.64. The van der Waals surface area contributed by atoms with E-state index < -0.39 is 0 Å². The molecular weight excluding hydrogens is 344 g/mol. The first kappa shape index (κ1) is 16.3. The van der Waals surface area contributed by atoms with Crippen LogP contribution in [0.2, 0.25) is 5.02 Å². The highest BCUT2D eigenvalue weighted by Crippen LogP contribution is 2.24. The Morgan fingerprint density at radius 2 is 1.46 bits per heavy atom. The summed E-state index contributed by atoms with van der Waals surface area (Å²) in [6, 6.07) is 24.7. The zero-order valence-corrected chi connectivity index (χ0v) is 14.6. The van der Waals surface area contributed by atoms with Crippen molar-refractivity contribution in [2.75, 3.05) is 5.32 Å². The van der Waals surface area contributed by atoms with Crippen LogP contribution in [0.5, 0.6) is 0 Å². The molecule has 0 unspecified atom stereocenters. The number of carbonyl (C=O) groups excluding carboxylic acids is 1. The number of nitrogens with zero attached hydrogens (tertiary/aromatic N) is 1. The summed E-state index contributed by atoms with van der Waals surface area (Å²) in [6.07, 6.45) is 1.72. The summed E-state index contributed by atoms with van der Waals surface area (Å²) in [5.74, 6) is -0.161. The first-order chi connectivity index (χ1) is 12.7. The van der Waals surface area contributed by atoms with Gasteiger partial charge in [0.2, 0.25) is 0 Å². The highest BCUT2D eigenvalue weighted by atomic mass is 35.5. The molecule has 4 rings (SSSR count). The zero-order valence-electron chi connectivity index (χ0n) is 13.8. The number of aromatic nitrogens is 1. The van der Waals surface area contributed by atoms with Crippen LogP contribution in [-0.4, -0.2) is 10.9 Å². The van der Waals surface area contributed by atoms with Crippen molar-refractivity contribution in [3.63, 3.8) is 0 Å². The van der Waals surface area contributed by atoms with E-state index in [2.05, 4.69) is 10.3 Å². The number of fused-ring (bicyclic) bond motifs is 1. The summed E-state index contributed by atoms with van der Waals surface area (Å²) >= 11 is 5.93. The van der Waals surface area contributed by atoms with Crippen molar-refractivity contribution in [1.29, 1.82) is 0 Å². The minimum atomic E-state index is -0.161. The van der Waals surface area contributed by atoms with Gasteiger partial charge >= 0.3 is 0 Å². The van der Waals surface area contributed by atoms with Crippen molar-refractivity contribution in [3.8, 4) is 11.1 Å². The van der Waals surface area contributed by atoms with Crippen molar-refractivity contribution < 1.29 is 4.79 Å². The van der Waals surface area contributed by atoms with Crippen molar-refractivity contribution in [1.82, 2.24) is 4.98 Å². The van der Waals surface area contributed by atoms with Gasteiger partial charge in [0.15, 0.2) is 0 Å². The molecule has 0 fully saturated rings. The van der Waals surface area contributed by atoms with E-state index in [-0.39, 0.29) is 5.91 Å². The third kappa shape index (κ3) is 3.30. The summed E-state index contributed by atoms with van der Waals surface area (Å²) < 4.78 is 0. The van der Waals surface area contributed by atoms with E-state index in [1.807, 2.05) is 78.9 Å². The van der Waals surface area contributed by atoms with Crippen molar-refractivity contribution in [2.24, 2.45) is 0 Å². The Morgan fingerprint density at radius 3 is 2.19 bits per heavy atom. The quantitative estimate of drug-likeness (QED) is 0.502. The molecule has 1 amide bonds. The summed E-state index contributed by atoms with van der Waals surface area (Å²) in [7, 11) is 0. The zero-order chi connectivity index (χ0) is 17.9. The van der Waals surface area contributed by atoms with Crippen LogP contribution in [0.3, 0.4) is 0 Å². The van der Waals surface area contributed by atoms with E-state index >= 15 is 0 Å². The number of hydrogen-bond acceptors (Lipinski definition) is 2. The van der Waals surface area contributed by atoms with Crippen LogP contribution in [0.25, 0.3) is 22.0 Å². The summed E-state index contributed by atoms with van der Waals surface area (Å²) in [5.41, 5.74) is 4.16. The Balaban J connectivity index is 1.57.